The summed E-state index contributed by atoms with van der Waals surface area (Å²) < 4.78 is 0. The molecule has 0 saturated heterocycles. The van der Waals surface area contributed by atoms with E-state index in [9.17, 15) is 9.59 Å². The van der Waals surface area contributed by atoms with E-state index in [1.165, 1.54) is 0 Å². The van der Waals surface area contributed by atoms with Crippen LogP contribution in [0.1, 0.15) is 24.0 Å². The van der Waals surface area contributed by atoms with Crippen LogP contribution < -0.4 is 11.1 Å². The van der Waals surface area contributed by atoms with Crippen LogP contribution >= 0.6 is 0 Å². The largest absolute Gasteiger partial charge is 0.369 e. The lowest BCUT2D eigenvalue weighted by molar-refractivity contribution is -0.122. The van der Waals surface area contributed by atoms with Gasteiger partial charge in [-0.05, 0) is 35.1 Å². The van der Waals surface area contributed by atoms with Crippen molar-refractivity contribution in [2.45, 2.75) is 18.3 Å². The molecule has 4 nitrogen and oxygen atoms in total. The summed E-state index contributed by atoms with van der Waals surface area (Å²) in [5.74, 6) is -0.337. The quantitative estimate of drug-likeness (QED) is 0.631. The lowest BCUT2D eigenvalue weighted by Crippen LogP contribution is -2.41. The highest BCUT2D eigenvalue weighted by atomic mass is 16.1. The van der Waals surface area contributed by atoms with Gasteiger partial charge in [0.2, 0.25) is 12.3 Å². The molecular formula is C18H18N2O2. The monoisotopic (exact) mass is 294 g/mol. The van der Waals surface area contributed by atoms with Gasteiger partial charge in [0.05, 0.1) is 5.41 Å². The van der Waals surface area contributed by atoms with Crippen LogP contribution in [0.3, 0.4) is 0 Å². The average molecular weight is 294 g/mol. The number of hydrogen-bond acceptors (Lipinski definition) is 2. The van der Waals surface area contributed by atoms with Crippen molar-refractivity contribution in [1.82, 2.24) is 5.32 Å². The molecule has 0 radical (unpaired) electrons. The van der Waals surface area contributed by atoms with Crippen LogP contribution in [-0.2, 0) is 15.0 Å². The van der Waals surface area contributed by atoms with Crippen LogP contribution in [-0.4, -0.2) is 18.9 Å². The van der Waals surface area contributed by atoms with Gasteiger partial charge in [0.25, 0.3) is 0 Å². The van der Waals surface area contributed by atoms with E-state index in [1.807, 2.05) is 48.5 Å². The SMILES string of the molecule is NC(=O)C1(CCCNC=O)c2ccccc2-c2ccccc21. The Labute approximate surface area is 129 Å². The van der Waals surface area contributed by atoms with Crippen molar-refractivity contribution in [3.8, 4) is 11.1 Å². The molecule has 0 aromatic heterocycles. The molecule has 2 aromatic carbocycles. The first kappa shape index (κ1) is 14.3. The number of carbonyl (C=O) groups is 2. The Morgan fingerprint density at radius 2 is 1.59 bits per heavy atom. The van der Waals surface area contributed by atoms with E-state index in [0.717, 1.165) is 22.3 Å². The Morgan fingerprint density at radius 1 is 1.05 bits per heavy atom. The third-order valence-electron chi connectivity index (χ3n) is 4.44. The number of primary amides is 1. The zero-order valence-corrected chi connectivity index (χ0v) is 12.2. The molecule has 0 atom stereocenters. The van der Waals surface area contributed by atoms with Crippen LogP contribution in [0.2, 0.25) is 0 Å². The van der Waals surface area contributed by atoms with E-state index in [1.54, 1.807) is 0 Å². The van der Waals surface area contributed by atoms with Crippen LogP contribution in [0.25, 0.3) is 11.1 Å². The van der Waals surface area contributed by atoms with Crippen molar-refractivity contribution >= 4 is 12.3 Å². The smallest absolute Gasteiger partial charge is 0.232 e. The summed E-state index contributed by atoms with van der Waals surface area (Å²) in [5, 5.41) is 2.64. The minimum Gasteiger partial charge on any atom is -0.369 e. The Kier molecular flexibility index (Phi) is 3.67. The molecule has 0 bridgehead atoms. The Bertz CT molecular complexity index is 679. The summed E-state index contributed by atoms with van der Waals surface area (Å²) in [4.78, 5) is 22.9. The fourth-order valence-electron chi connectivity index (χ4n) is 3.50. The fourth-order valence-corrected chi connectivity index (χ4v) is 3.50. The van der Waals surface area contributed by atoms with E-state index in [0.29, 0.717) is 25.8 Å². The molecule has 3 N–H and O–H groups in total. The second kappa shape index (κ2) is 5.64. The zero-order valence-electron chi connectivity index (χ0n) is 12.2. The van der Waals surface area contributed by atoms with Crippen molar-refractivity contribution in [1.29, 1.82) is 0 Å². The minimum atomic E-state index is -0.808. The highest BCUT2D eigenvalue weighted by molar-refractivity contribution is 5.99. The molecule has 1 aliphatic rings. The first-order valence-electron chi connectivity index (χ1n) is 7.38. The molecule has 4 heteroatoms. The van der Waals surface area contributed by atoms with Gasteiger partial charge in [-0.15, -0.1) is 0 Å². The highest BCUT2D eigenvalue weighted by Gasteiger charge is 2.47. The summed E-state index contributed by atoms with van der Waals surface area (Å²) in [6, 6.07) is 15.8. The van der Waals surface area contributed by atoms with Crippen LogP contribution in [0.15, 0.2) is 48.5 Å². The van der Waals surface area contributed by atoms with E-state index < -0.39 is 5.41 Å². The van der Waals surface area contributed by atoms with Crippen molar-refractivity contribution in [3.63, 3.8) is 0 Å². The van der Waals surface area contributed by atoms with Crippen molar-refractivity contribution in [2.75, 3.05) is 6.54 Å². The predicted molar refractivity (Wildman–Crippen MR) is 85.2 cm³/mol. The molecule has 112 valence electrons. The van der Waals surface area contributed by atoms with Gasteiger partial charge in [0.15, 0.2) is 0 Å². The maximum absolute atomic E-state index is 12.4. The first-order chi connectivity index (χ1) is 10.7. The standard InChI is InChI=1S/C18H18N2O2/c19-17(22)18(10-5-11-20-12-21)15-8-3-1-6-13(15)14-7-2-4-9-16(14)18/h1-4,6-9,12H,5,10-11H2,(H2,19,22)(H,20,21). The Morgan fingerprint density at radius 3 is 2.09 bits per heavy atom. The molecule has 1 aliphatic carbocycles. The van der Waals surface area contributed by atoms with Gasteiger partial charge in [-0.25, -0.2) is 0 Å². The van der Waals surface area contributed by atoms with E-state index in [-0.39, 0.29) is 5.91 Å². The third kappa shape index (κ3) is 1.99. The van der Waals surface area contributed by atoms with Crippen molar-refractivity contribution < 1.29 is 9.59 Å². The van der Waals surface area contributed by atoms with Crippen molar-refractivity contribution in [2.24, 2.45) is 5.73 Å². The molecule has 0 aliphatic heterocycles. The minimum absolute atomic E-state index is 0.337. The number of nitrogens with two attached hydrogens (primary N) is 1. The third-order valence-corrected chi connectivity index (χ3v) is 4.44. The van der Waals surface area contributed by atoms with Gasteiger partial charge in [0.1, 0.15) is 0 Å². The van der Waals surface area contributed by atoms with E-state index in [2.05, 4.69) is 5.32 Å². The summed E-state index contributed by atoms with van der Waals surface area (Å²) >= 11 is 0. The summed E-state index contributed by atoms with van der Waals surface area (Å²) in [7, 11) is 0. The first-order valence-corrected chi connectivity index (χ1v) is 7.38. The second-order valence-corrected chi connectivity index (χ2v) is 5.54. The maximum Gasteiger partial charge on any atom is 0.232 e. The number of nitrogens with one attached hydrogen (secondary N) is 1. The number of amides is 2. The normalized spacial score (nSPS) is 14.0. The van der Waals surface area contributed by atoms with Crippen LogP contribution in [0, 0.1) is 0 Å². The van der Waals surface area contributed by atoms with Crippen molar-refractivity contribution in [3.05, 3.63) is 59.7 Å². The number of carbonyl (C=O) groups excluding carboxylic acids is 2. The second-order valence-electron chi connectivity index (χ2n) is 5.54. The molecule has 0 heterocycles. The van der Waals surface area contributed by atoms with Gasteiger partial charge >= 0.3 is 0 Å². The van der Waals surface area contributed by atoms with Gasteiger partial charge in [-0.2, -0.15) is 0 Å². The molecule has 3 rings (SSSR count). The predicted octanol–water partition coefficient (Wildman–Crippen LogP) is 1.96. The lowest BCUT2D eigenvalue weighted by Gasteiger charge is -2.28. The number of benzene rings is 2. The Balaban J connectivity index is 2.12. The number of hydrogen-bond donors (Lipinski definition) is 2. The molecule has 2 amide bonds. The molecule has 0 saturated carbocycles. The van der Waals surface area contributed by atoms with Gasteiger partial charge in [-0.3, -0.25) is 9.59 Å². The van der Waals surface area contributed by atoms with Gasteiger partial charge in [0, 0.05) is 6.54 Å². The molecule has 0 fully saturated rings. The summed E-state index contributed by atoms with van der Waals surface area (Å²) in [5.41, 5.74) is 9.11. The molecule has 2 aromatic rings. The molecule has 0 unspecified atom stereocenters. The number of fused-ring (bicyclic) bond motifs is 3. The summed E-state index contributed by atoms with van der Waals surface area (Å²) in [6.07, 6.45) is 1.94. The average Bonchev–Trinajstić information content (AvgIpc) is 2.83. The maximum atomic E-state index is 12.4. The van der Waals surface area contributed by atoms with Gasteiger partial charge in [-0.1, -0.05) is 48.5 Å². The fraction of sp³-hybridized carbons (Fsp3) is 0.222. The molecular weight excluding hydrogens is 276 g/mol. The van der Waals surface area contributed by atoms with Crippen LogP contribution in [0.5, 0.6) is 0 Å². The zero-order chi connectivity index (χ0) is 15.6. The van der Waals surface area contributed by atoms with E-state index in [4.69, 9.17) is 5.73 Å². The highest BCUT2D eigenvalue weighted by Crippen LogP contribution is 2.50. The number of rotatable bonds is 6. The topological polar surface area (TPSA) is 72.2 Å². The van der Waals surface area contributed by atoms with E-state index >= 15 is 0 Å². The molecule has 22 heavy (non-hydrogen) atoms. The Hall–Kier alpha value is -2.62. The lowest BCUT2D eigenvalue weighted by atomic mass is 9.74. The molecule has 0 spiro atoms. The van der Waals surface area contributed by atoms with Crippen LogP contribution in [0.4, 0.5) is 0 Å². The van der Waals surface area contributed by atoms with Gasteiger partial charge < -0.3 is 11.1 Å². The summed E-state index contributed by atoms with van der Waals surface area (Å²) in [6.45, 7) is 0.531.